The van der Waals surface area contributed by atoms with Gasteiger partial charge in [-0.05, 0) is 84.4 Å². The van der Waals surface area contributed by atoms with Crippen molar-refractivity contribution in [2.24, 2.45) is 0 Å². The number of carbonyl (C=O) groups is 3. The van der Waals surface area contributed by atoms with Crippen molar-refractivity contribution < 1.29 is 19.1 Å². The second kappa shape index (κ2) is 10.7. The number of rotatable bonds is 5. The quantitative estimate of drug-likeness (QED) is 0.474. The molecule has 1 aromatic heterocycles. The number of ether oxygens (including phenoxy) is 1. The zero-order valence-corrected chi connectivity index (χ0v) is 23.0. The number of nitrogens with one attached hydrogen (secondary N) is 2. The fourth-order valence-electron chi connectivity index (χ4n) is 5.05. The molecule has 2 aliphatic rings. The number of carbonyl (C=O) groups excluding carboxylic acids is 3. The van der Waals surface area contributed by atoms with Gasteiger partial charge in [0, 0.05) is 34.7 Å². The van der Waals surface area contributed by atoms with Gasteiger partial charge in [-0.2, -0.15) is 0 Å². The van der Waals surface area contributed by atoms with Gasteiger partial charge >= 0.3 is 6.09 Å². The minimum Gasteiger partial charge on any atom is -0.444 e. The van der Waals surface area contributed by atoms with Crippen LogP contribution in [0.2, 0.25) is 0 Å². The van der Waals surface area contributed by atoms with Gasteiger partial charge in [0.15, 0.2) is 5.78 Å². The van der Waals surface area contributed by atoms with Crippen LogP contribution in [-0.4, -0.2) is 57.9 Å². The van der Waals surface area contributed by atoms with E-state index in [4.69, 9.17) is 4.74 Å². The molecule has 1 aromatic carbocycles. The van der Waals surface area contributed by atoms with Crippen molar-refractivity contribution in [3.63, 3.8) is 0 Å². The summed E-state index contributed by atoms with van der Waals surface area (Å²) in [4.78, 5) is 43.9. The third-order valence-electron chi connectivity index (χ3n) is 6.81. The lowest BCUT2D eigenvalue weighted by atomic mass is 9.90. The van der Waals surface area contributed by atoms with Crippen LogP contribution in [-0.2, 0) is 9.53 Å². The number of halogens is 1. The Morgan fingerprint density at radius 1 is 1.08 bits per heavy atom. The van der Waals surface area contributed by atoms with Gasteiger partial charge in [0.2, 0.25) is 5.91 Å². The highest BCUT2D eigenvalue weighted by Gasteiger charge is 2.37. The van der Waals surface area contributed by atoms with Crippen molar-refractivity contribution in [3.05, 3.63) is 34.4 Å². The summed E-state index contributed by atoms with van der Waals surface area (Å²) in [6.07, 6.45) is 6.04. The molecule has 1 aliphatic carbocycles. The molecule has 1 saturated heterocycles. The highest BCUT2D eigenvalue weighted by molar-refractivity contribution is 9.10. The van der Waals surface area contributed by atoms with E-state index in [-0.39, 0.29) is 23.8 Å². The van der Waals surface area contributed by atoms with Crippen molar-refractivity contribution in [1.82, 2.24) is 15.2 Å². The molecule has 0 radical (unpaired) electrons. The number of ketones is 1. The molecule has 0 spiro atoms. The highest BCUT2D eigenvalue weighted by Crippen LogP contribution is 2.32. The van der Waals surface area contributed by atoms with Crippen molar-refractivity contribution in [2.45, 2.75) is 89.9 Å². The second-order valence-corrected chi connectivity index (χ2v) is 11.7. The standard InChI is InChI=1S/C27H35BrN4O4/c1-16(33)21-15-29-22-12-7-17(28)14-20(22)24(21)30-18-8-10-19(11-9-18)31-25(34)23-6-5-13-32(23)26(35)36-27(2,3)4/h7,12,14-15,18-19,23H,5-6,8-11,13H2,1-4H3,(H,29,30)(H,31,34)/t18-,19-,23-/m0/s1. The number of hydrogen-bond donors (Lipinski definition) is 2. The van der Waals surface area contributed by atoms with Crippen LogP contribution in [0.1, 0.15) is 76.6 Å². The Kier molecular flexibility index (Phi) is 7.87. The van der Waals surface area contributed by atoms with Gasteiger partial charge < -0.3 is 15.4 Å². The van der Waals surface area contributed by atoms with Crippen molar-refractivity contribution in [3.8, 4) is 0 Å². The van der Waals surface area contributed by atoms with Gasteiger partial charge in [0.25, 0.3) is 0 Å². The molecule has 2 fully saturated rings. The van der Waals surface area contributed by atoms with Crippen LogP contribution < -0.4 is 10.6 Å². The first-order valence-electron chi connectivity index (χ1n) is 12.7. The van der Waals surface area contributed by atoms with E-state index in [1.165, 1.54) is 0 Å². The first-order valence-corrected chi connectivity index (χ1v) is 13.5. The molecule has 194 valence electrons. The Balaban J connectivity index is 1.37. The number of pyridine rings is 1. The van der Waals surface area contributed by atoms with E-state index in [9.17, 15) is 14.4 Å². The minimum atomic E-state index is -0.593. The average Bonchev–Trinajstić information content (AvgIpc) is 3.30. The second-order valence-electron chi connectivity index (χ2n) is 10.8. The zero-order chi connectivity index (χ0) is 26.0. The van der Waals surface area contributed by atoms with E-state index >= 15 is 0 Å². The minimum absolute atomic E-state index is 0.0288. The number of nitrogens with zero attached hydrogens (tertiary/aromatic N) is 2. The molecule has 2 amide bonds. The number of hydrogen-bond acceptors (Lipinski definition) is 6. The number of amides is 2. The van der Waals surface area contributed by atoms with Gasteiger partial charge in [-0.25, -0.2) is 4.79 Å². The van der Waals surface area contributed by atoms with Crippen LogP contribution in [0.5, 0.6) is 0 Å². The molecule has 4 rings (SSSR count). The van der Waals surface area contributed by atoms with Gasteiger partial charge in [-0.1, -0.05) is 15.9 Å². The lowest BCUT2D eigenvalue weighted by molar-refractivity contribution is -0.126. The smallest absolute Gasteiger partial charge is 0.410 e. The van der Waals surface area contributed by atoms with E-state index in [2.05, 4.69) is 31.5 Å². The maximum absolute atomic E-state index is 13.0. The Morgan fingerprint density at radius 3 is 2.44 bits per heavy atom. The van der Waals surface area contributed by atoms with Crippen LogP contribution in [0.25, 0.3) is 10.9 Å². The van der Waals surface area contributed by atoms with Crippen molar-refractivity contribution >= 4 is 50.3 Å². The third kappa shape index (κ3) is 6.17. The maximum Gasteiger partial charge on any atom is 0.410 e. The summed E-state index contributed by atoms with van der Waals surface area (Å²) in [5, 5.41) is 7.70. The summed E-state index contributed by atoms with van der Waals surface area (Å²) in [5.41, 5.74) is 1.64. The summed E-state index contributed by atoms with van der Waals surface area (Å²) in [5.74, 6) is -0.127. The van der Waals surface area contributed by atoms with Crippen LogP contribution >= 0.6 is 15.9 Å². The number of likely N-dealkylation sites (tertiary alicyclic amines) is 1. The maximum atomic E-state index is 13.0. The van der Waals surface area contributed by atoms with Crippen LogP contribution in [0, 0.1) is 0 Å². The summed E-state index contributed by atoms with van der Waals surface area (Å²) in [6, 6.07) is 5.63. The summed E-state index contributed by atoms with van der Waals surface area (Å²) in [6.45, 7) is 7.58. The molecule has 2 N–H and O–H groups in total. The van der Waals surface area contributed by atoms with Gasteiger partial charge in [0.05, 0.1) is 16.8 Å². The third-order valence-corrected chi connectivity index (χ3v) is 7.31. The molecule has 9 heteroatoms. The average molecular weight is 560 g/mol. The van der Waals surface area contributed by atoms with Gasteiger partial charge in [-0.15, -0.1) is 0 Å². The number of benzene rings is 1. The Bertz CT molecular complexity index is 1150. The first kappa shape index (κ1) is 26.4. The summed E-state index contributed by atoms with van der Waals surface area (Å²) in [7, 11) is 0. The number of aromatic nitrogens is 1. The molecule has 2 heterocycles. The van der Waals surface area contributed by atoms with Crippen molar-refractivity contribution in [1.29, 1.82) is 0 Å². The molecule has 1 atom stereocenters. The van der Waals surface area contributed by atoms with Gasteiger partial charge in [0.1, 0.15) is 11.6 Å². The molecule has 0 unspecified atom stereocenters. The van der Waals surface area contributed by atoms with Crippen molar-refractivity contribution in [2.75, 3.05) is 11.9 Å². The summed E-state index contributed by atoms with van der Waals surface area (Å²) < 4.78 is 6.42. The monoisotopic (exact) mass is 558 g/mol. The van der Waals surface area contributed by atoms with E-state index in [0.29, 0.717) is 18.5 Å². The molecule has 0 bridgehead atoms. The first-order chi connectivity index (χ1) is 17.0. The molecule has 36 heavy (non-hydrogen) atoms. The van der Waals surface area contributed by atoms with E-state index < -0.39 is 17.7 Å². The van der Waals surface area contributed by atoms with Crippen LogP contribution in [0.3, 0.4) is 0 Å². The van der Waals surface area contributed by atoms with Crippen LogP contribution in [0.4, 0.5) is 10.5 Å². The van der Waals surface area contributed by atoms with E-state index in [1.807, 2.05) is 39.0 Å². The highest BCUT2D eigenvalue weighted by atomic mass is 79.9. The number of anilines is 1. The molecule has 1 aliphatic heterocycles. The molecular weight excluding hydrogens is 524 g/mol. The van der Waals surface area contributed by atoms with Gasteiger partial charge in [-0.3, -0.25) is 19.5 Å². The molecular formula is C27H35BrN4O4. The predicted octanol–water partition coefficient (Wildman–Crippen LogP) is 5.44. The zero-order valence-electron chi connectivity index (χ0n) is 21.4. The number of Topliss-reactive ketones (excluding diaryl/α,β-unsaturated/α-hetero) is 1. The largest absolute Gasteiger partial charge is 0.444 e. The molecule has 2 aromatic rings. The fraction of sp³-hybridized carbons (Fsp3) is 0.556. The topological polar surface area (TPSA) is 101 Å². The SMILES string of the molecule is CC(=O)c1cnc2ccc(Br)cc2c1N[C@H]1CC[C@H](NC(=O)[C@@H]2CCCN2C(=O)OC(C)(C)C)CC1. The lowest BCUT2D eigenvalue weighted by Gasteiger charge is -2.33. The molecule has 1 saturated carbocycles. The Morgan fingerprint density at radius 2 is 1.78 bits per heavy atom. The summed E-state index contributed by atoms with van der Waals surface area (Å²) >= 11 is 3.53. The van der Waals surface area contributed by atoms with E-state index in [0.717, 1.165) is 53.2 Å². The fourth-order valence-corrected chi connectivity index (χ4v) is 5.41. The van der Waals surface area contributed by atoms with Crippen LogP contribution in [0.15, 0.2) is 28.9 Å². The predicted molar refractivity (Wildman–Crippen MR) is 143 cm³/mol. The van der Waals surface area contributed by atoms with E-state index in [1.54, 1.807) is 18.0 Å². The number of fused-ring (bicyclic) bond motifs is 1. The Hall–Kier alpha value is -2.68. The normalized spacial score (nSPS) is 22.4. The molecule has 8 nitrogen and oxygen atoms in total. The Labute approximate surface area is 220 Å². The lowest BCUT2D eigenvalue weighted by Crippen LogP contribution is -2.50.